The summed E-state index contributed by atoms with van der Waals surface area (Å²) in [7, 11) is 4.94. The van der Waals surface area contributed by atoms with Crippen LogP contribution in [0.2, 0.25) is 0 Å². The number of benzene rings is 3. The number of hydrogen-bond donors (Lipinski definition) is 2. The van der Waals surface area contributed by atoms with Crippen LogP contribution in [-0.2, 0) is 4.79 Å². The minimum atomic E-state index is -0.400. The van der Waals surface area contributed by atoms with Gasteiger partial charge in [-0.2, -0.15) is 0 Å². The van der Waals surface area contributed by atoms with E-state index in [0.29, 0.717) is 17.9 Å². The van der Waals surface area contributed by atoms with Crippen molar-refractivity contribution >= 4 is 17.2 Å². The summed E-state index contributed by atoms with van der Waals surface area (Å²) in [4.78, 5) is 13.8. The summed E-state index contributed by atoms with van der Waals surface area (Å²) in [5.41, 5.74) is 4.73. The fourth-order valence-electron chi connectivity index (χ4n) is 4.91. The second-order valence-electron chi connectivity index (χ2n) is 8.55. The fourth-order valence-corrected chi connectivity index (χ4v) is 4.91. The van der Waals surface area contributed by atoms with Gasteiger partial charge in [-0.25, -0.2) is 0 Å². The Labute approximate surface area is 199 Å². The minimum Gasteiger partial charge on any atom is -0.497 e. The molecule has 0 spiro atoms. The van der Waals surface area contributed by atoms with Crippen molar-refractivity contribution < 1.29 is 19.0 Å². The Hall–Kier alpha value is -3.93. The number of nitrogens with one attached hydrogen (secondary N) is 2. The Morgan fingerprint density at radius 3 is 2.24 bits per heavy atom. The van der Waals surface area contributed by atoms with E-state index in [1.54, 1.807) is 21.3 Å². The van der Waals surface area contributed by atoms with E-state index >= 15 is 0 Å². The Morgan fingerprint density at radius 2 is 1.53 bits per heavy atom. The molecule has 0 fully saturated rings. The third kappa shape index (κ3) is 3.96. The van der Waals surface area contributed by atoms with Gasteiger partial charge < -0.3 is 24.8 Å². The molecule has 174 valence electrons. The summed E-state index contributed by atoms with van der Waals surface area (Å²) in [6.45, 7) is 0. The largest absolute Gasteiger partial charge is 0.497 e. The highest BCUT2D eigenvalue weighted by molar-refractivity contribution is 5.90. The SMILES string of the molecule is COc1ccc(C2C=C3Nc4ccccc4NC(c4cc(OC)ccc4OC)C3C(=O)C2)cc1. The molecular weight excluding hydrogens is 428 g/mol. The first kappa shape index (κ1) is 21.9. The van der Waals surface area contributed by atoms with E-state index in [9.17, 15) is 4.79 Å². The van der Waals surface area contributed by atoms with Gasteiger partial charge in [0.1, 0.15) is 23.0 Å². The molecule has 1 heterocycles. The van der Waals surface area contributed by atoms with Crippen LogP contribution in [0.15, 0.2) is 78.5 Å². The van der Waals surface area contributed by atoms with E-state index in [2.05, 4.69) is 16.7 Å². The highest BCUT2D eigenvalue weighted by Crippen LogP contribution is 2.46. The number of anilines is 2. The first-order valence-corrected chi connectivity index (χ1v) is 11.3. The average molecular weight is 457 g/mol. The van der Waals surface area contributed by atoms with Gasteiger partial charge in [0.15, 0.2) is 0 Å². The van der Waals surface area contributed by atoms with Crippen molar-refractivity contribution in [1.82, 2.24) is 0 Å². The van der Waals surface area contributed by atoms with Crippen LogP contribution in [0.25, 0.3) is 0 Å². The standard InChI is InChI=1S/C28H28N2O4/c1-32-19-10-8-17(9-11-19)18-14-24-27(25(31)15-18)28(30-23-7-5-4-6-22(23)29-24)21-16-20(33-2)12-13-26(21)34-3/h4-14,16,18,27-30H,15H2,1-3H3. The lowest BCUT2D eigenvalue weighted by Crippen LogP contribution is -2.34. The third-order valence-corrected chi connectivity index (χ3v) is 6.65. The van der Waals surface area contributed by atoms with E-state index in [1.807, 2.05) is 66.7 Å². The van der Waals surface area contributed by atoms with Gasteiger partial charge in [0.25, 0.3) is 0 Å². The molecule has 0 aromatic heterocycles. The maximum atomic E-state index is 13.8. The number of ether oxygens (including phenoxy) is 3. The molecule has 0 saturated carbocycles. The van der Waals surface area contributed by atoms with Gasteiger partial charge in [-0.1, -0.05) is 30.3 Å². The fraction of sp³-hybridized carbons (Fsp3) is 0.250. The lowest BCUT2D eigenvalue weighted by atomic mass is 9.76. The summed E-state index contributed by atoms with van der Waals surface area (Å²) < 4.78 is 16.5. The van der Waals surface area contributed by atoms with Crippen LogP contribution in [-0.4, -0.2) is 27.1 Å². The minimum absolute atomic E-state index is 0.0183. The molecule has 2 N–H and O–H groups in total. The van der Waals surface area contributed by atoms with Gasteiger partial charge in [-0.05, 0) is 48.0 Å². The third-order valence-electron chi connectivity index (χ3n) is 6.65. The van der Waals surface area contributed by atoms with E-state index < -0.39 is 5.92 Å². The quantitative estimate of drug-likeness (QED) is 0.525. The van der Waals surface area contributed by atoms with Gasteiger partial charge in [0, 0.05) is 23.6 Å². The average Bonchev–Trinajstić information content (AvgIpc) is 3.05. The van der Waals surface area contributed by atoms with Crippen LogP contribution < -0.4 is 24.8 Å². The first-order valence-electron chi connectivity index (χ1n) is 11.3. The molecule has 0 amide bonds. The molecule has 2 aliphatic rings. The second kappa shape index (κ2) is 9.14. The summed E-state index contributed by atoms with van der Waals surface area (Å²) in [5.74, 6) is 1.97. The normalized spacial score (nSPS) is 21.1. The van der Waals surface area contributed by atoms with Crippen molar-refractivity contribution in [1.29, 1.82) is 0 Å². The first-order chi connectivity index (χ1) is 16.6. The van der Waals surface area contributed by atoms with E-state index in [4.69, 9.17) is 14.2 Å². The van der Waals surface area contributed by atoms with Crippen LogP contribution in [0.3, 0.4) is 0 Å². The van der Waals surface area contributed by atoms with E-state index in [-0.39, 0.29) is 17.7 Å². The number of allylic oxidation sites excluding steroid dienone is 1. The highest BCUT2D eigenvalue weighted by atomic mass is 16.5. The molecule has 0 bridgehead atoms. The van der Waals surface area contributed by atoms with Gasteiger partial charge in [0.05, 0.1) is 44.7 Å². The second-order valence-corrected chi connectivity index (χ2v) is 8.55. The number of rotatable bonds is 5. The van der Waals surface area contributed by atoms with Crippen LogP contribution in [0.1, 0.15) is 29.5 Å². The summed E-state index contributed by atoms with van der Waals surface area (Å²) >= 11 is 0. The van der Waals surface area contributed by atoms with Crippen LogP contribution in [0.4, 0.5) is 11.4 Å². The predicted octanol–water partition coefficient (Wildman–Crippen LogP) is 5.55. The summed E-state index contributed by atoms with van der Waals surface area (Å²) in [6.07, 6.45) is 2.61. The molecular formula is C28H28N2O4. The molecule has 34 heavy (non-hydrogen) atoms. The van der Waals surface area contributed by atoms with Crippen LogP contribution in [0, 0.1) is 5.92 Å². The molecule has 5 rings (SSSR count). The molecule has 6 nitrogen and oxygen atoms in total. The molecule has 1 aliphatic carbocycles. The van der Waals surface area contributed by atoms with E-state index in [0.717, 1.165) is 33.9 Å². The summed E-state index contributed by atoms with van der Waals surface area (Å²) in [6, 6.07) is 21.3. The Bertz CT molecular complexity index is 1240. The number of para-hydroxylation sites is 2. The Morgan fingerprint density at radius 1 is 0.824 bits per heavy atom. The van der Waals surface area contributed by atoms with Gasteiger partial charge in [-0.15, -0.1) is 0 Å². The van der Waals surface area contributed by atoms with Gasteiger partial charge in [-0.3, -0.25) is 4.79 Å². The van der Waals surface area contributed by atoms with Crippen LogP contribution in [0.5, 0.6) is 17.2 Å². The van der Waals surface area contributed by atoms with E-state index in [1.165, 1.54) is 0 Å². The maximum absolute atomic E-state index is 13.8. The van der Waals surface area contributed by atoms with Crippen molar-refractivity contribution in [3.05, 3.63) is 89.6 Å². The Balaban J connectivity index is 1.63. The van der Waals surface area contributed by atoms with Gasteiger partial charge >= 0.3 is 0 Å². The highest BCUT2D eigenvalue weighted by Gasteiger charge is 2.41. The number of Topliss-reactive ketones (excluding diaryl/α,β-unsaturated/α-hetero) is 1. The maximum Gasteiger partial charge on any atom is 0.145 e. The predicted molar refractivity (Wildman–Crippen MR) is 133 cm³/mol. The number of carbonyl (C=O) groups is 1. The zero-order valence-corrected chi connectivity index (χ0v) is 19.5. The lowest BCUT2D eigenvalue weighted by molar-refractivity contribution is -0.122. The van der Waals surface area contributed by atoms with Gasteiger partial charge in [0.2, 0.25) is 0 Å². The number of carbonyl (C=O) groups excluding carboxylic acids is 1. The molecule has 6 heteroatoms. The molecule has 1 aliphatic heterocycles. The lowest BCUT2D eigenvalue weighted by Gasteiger charge is -2.33. The van der Waals surface area contributed by atoms with Crippen molar-refractivity contribution in [3.8, 4) is 17.2 Å². The molecule has 3 aromatic rings. The molecule has 3 aromatic carbocycles. The number of hydrogen-bond acceptors (Lipinski definition) is 6. The van der Waals surface area contributed by atoms with Crippen LogP contribution >= 0.6 is 0 Å². The summed E-state index contributed by atoms with van der Waals surface area (Å²) in [5, 5.41) is 7.19. The monoisotopic (exact) mass is 456 g/mol. The number of methoxy groups -OCH3 is 3. The van der Waals surface area contributed by atoms with Crippen molar-refractivity contribution in [2.24, 2.45) is 5.92 Å². The molecule has 3 atom stereocenters. The topological polar surface area (TPSA) is 68.8 Å². The smallest absolute Gasteiger partial charge is 0.145 e. The zero-order chi connectivity index (χ0) is 23.7. The number of ketones is 1. The van der Waals surface area contributed by atoms with Crippen molar-refractivity contribution in [3.63, 3.8) is 0 Å². The number of fused-ring (bicyclic) bond motifs is 2. The van der Waals surface area contributed by atoms with Crippen molar-refractivity contribution in [2.45, 2.75) is 18.4 Å². The molecule has 3 unspecified atom stereocenters. The molecule has 0 saturated heterocycles. The Kier molecular flexibility index (Phi) is 5.88. The van der Waals surface area contributed by atoms with Crippen molar-refractivity contribution in [2.75, 3.05) is 32.0 Å². The molecule has 0 radical (unpaired) electrons. The zero-order valence-electron chi connectivity index (χ0n) is 19.5.